The second-order valence-corrected chi connectivity index (χ2v) is 14.8. The van der Waals surface area contributed by atoms with Crippen LogP contribution in [0.2, 0.25) is 13.1 Å². The summed E-state index contributed by atoms with van der Waals surface area (Å²) in [6.07, 6.45) is 13.9. The Balaban J connectivity index is 2.67. The molecule has 0 saturated heterocycles. The van der Waals surface area contributed by atoms with Crippen LogP contribution in [0.25, 0.3) is 0 Å². The van der Waals surface area contributed by atoms with Gasteiger partial charge in [0, 0.05) is 0 Å². The van der Waals surface area contributed by atoms with E-state index in [1.807, 2.05) is 20.8 Å². The lowest BCUT2D eigenvalue weighted by Crippen LogP contribution is -2.27. The first kappa shape index (κ1) is 26.4. The molecule has 0 aliphatic carbocycles. The molecule has 0 fully saturated rings. The van der Waals surface area contributed by atoms with Crippen molar-refractivity contribution < 1.29 is 9.53 Å². The van der Waals surface area contributed by atoms with E-state index in [0.29, 0.717) is 12.5 Å². The van der Waals surface area contributed by atoms with Gasteiger partial charge in [0.05, 0.1) is 20.1 Å². The van der Waals surface area contributed by atoms with Gasteiger partial charge in [-0.15, -0.1) is 0 Å². The molecule has 1 aromatic carbocycles. The molecule has 0 spiro atoms. The van der Waals surface area contributed by atoms with Crippen molar-refractivity contribution in [1.82, 2.24) is 0 Å². The zero-order valence-electron chi connectivity index (χ0n) is 20.2. The van der Waals surface area contributed by atoms with Gasteiger partial charge >= 0.3 is 5.97 Å². The lowest BCUT2D eigenvalue weighted by Gasteiger charge is -2.20. The molecule has 3 heteroatoms. The Morgan fingerprint density at radius 1 is 1.10 bits per heavy atom. The van der Waals surface area contributed by atoms with Crippen LogP contribution in [0.4, 0.5) is 0 Å². The summed E-state index contributed by atoms with van der Waals surface area (Å²) in [6.45, 7) is 13.3. The molecule has 1 aromatic rings. The molecule has 0 aromatic heterocycles. The number of esters is 1. The normalized spacial score (nSPS) is 13.8. The van der Waals surface area contributed by atoms with Gasteiger partial charge in [-0.1, -0.05) is 92.7 Å². The Morgan fingerprint density at radius 3 is 2.43 bits per heavy atom. The molecule has 0 amide bonds. The zero-order chi connectivity index (χ0) is 22.5. The first-order valence-electron chi connectivity index (χ1n) is 11.7. The minimum Gasteiger partial charge on any atom is -0.465 e. The standard InChI is InChI=1S/C27H44O2Si/c1-7-8-9-10-11-13-16-24(19-21-29-26(28)27(2,3)4)20-22-30(5,6)23-25-17-14-12-15-18-25/h11-15,17-18,20,22,24H,7-10,16,19,21,23H2,1-6H3/b13-11+,22-20-. The van der Waals surface area contributed by atoms with E-state index in [2.05, 4.69) is 74.3 Å². The van der Waals surface area contributed by atoms with Gasteiger partial charge < -0.3 is 4.74 Å². The predicted octanol–water partition coefficient (Wildman–Crippen LogP) is 7.69. The molecule has 0 radical (unpaired) electrons. The summed E-state index contributed by atoms with van der Waals surface area (Å²) in [5.74, 6) is 0.307. The van der Waals surface area contributed by atoms with Crippen molar-refractivity contribution in [3.8, 4) is 0 Å². The third-order valence-electron chi connectivity index (χ3n) is 5.24. The third-order valence-corrected chi connectivity index (χ3v) is 7.65. The highest BCUT2D eigenvalue weighted by Crippen LogP contribution is 2.20. The van der Waals surface area contributed by atoms with Crippen molar-refractivity contribution in [2.24, 2.45) is 11.3 Å². The molecule has 0 saturated carbocycles. The minimum absolute atomic E-state index is 0.112. The molecule has 2 nitrogen and oxygen atoms in total. The Labute approximate surface area is 186 Å². The molecule has 1 atom stereocenters. The molecule has 168 valence electrons. The molecule has 1 unspecified atom stereocenters. The van der Waals surface area contributed by atoms with Gasteiger partial charge in [0.15, 0.2) is 0 Å². The second-order valence-electron chi connectivity index (χ2n) is 10.1. The SMILES string of the molecule is CCCCC/C=C/CC(/C=C\[Si](C)(C)Cc1ccccc1)CCOC(=O)C(C)(C)C. The number of carbonyl (C=O) groups excluding carboxylic acids is 1. The van der Waals surface area contributed by atoms with Crippen LogP contribution in [0.3, 0.4) is 0 Å². The molecule has 0 bridgehead atoms. The highest BCUT2D eigenvalue weighted by atomic mass is 28.3. The maximum atomic E-state index is 12.1. The van der Waals surface area contributed by atoms with Crippen molar-refractivity contribution in [1.29, 1.82) is 0 Å². The van der Waals surface area contributed by atoms with Gasteiger partial charge in [0.1, 0.15) is 0 Å². The maximum Gasteiger partial charge on any atom is 0.311 e. The summed E-state index contributed by atoms with van der Waals surface area (Å²) in [6, 6.07) is 11.9. The van der Waals surface area contributed by atoms with Crippen molar-refractivity contribution in [2.45, 2.75) is 85.4 Å². The smallest absolute Gasteiger partial charge is 0.311 e. The number of unbranched alkanes of at least 4 members (excludes halogenated alkanes) is 3. The van der Waals surface area contributed by atoms with Crippen LogP contribution in [0, 0.1) is 11.3 Å². The lowest BCUT2D eigenvalue weighted by molar-refractivity contribution is -0.153. The Morgan fingerprint density at radius 2 is 1.80 bits per heavy atom. The monoisotopic (exact) mass is 428 g/mol. The second kappa shape index (κ2) is 13.6. The van der Waals surface area contributed by atoms with Gasteiger partial charge in [-0.25, -0.2) is 0 Å². The van der Waals surface area contributed by atoms with E-state index in [1.54, 1.807) is 0 Å². The zero-order valence-corrected chi connectivity index (χ0v) is 21.2. The van der Waals surface area contributed by atoms with Crippen molar-refractivity contribution in [3.63, 3.8) is 0 Å². The molecule has 0 heterocycles. The van der Waals surface area contributed by atoms with E-state index in [9.17, 15) is 4.79 Å². The Bertz CT molecular complexity index is 653. The van der Waals surface area contributed by atoms with Gasteiger partial charge in [-0.3, -0.25) is 4.79 Å². The number of allylic oxidation sites excluding steroid dienone is 3. The number of ether oxygens (including phenoxy) is 1. The first-order chi connectivity index (χ1) is 14.1. The summed E-state index contributed by atoms with van der Waals surface area (Å²) in [5.41, 5.74) is 3.47. The van der Waals surface area contributed by atoms with Crippen LogP contribution in [-0.2, 0) is 15.6 Å². The summed E-state index contributed by atoms with van der Waals surface area (Å²) >= 11 is 0. The largest absolute Gasteiger partial charge is 0.465 e. The minimum atomic E-state index is -1.48. The lowest BCUT2D eigenvalue weighted by atomic mass is 9.97. The maximum absolute atomic E-state index is 12.1. The number of hydrogen-bond acceptors (Lipinski definition) is 2. The fraction of sp³-hybridized carbons (Fsp3) is 0.593. The predicted molar refractivity (Wildman–Crippen MR) is 133 cm³/mol. The summed E-state index contributed by atoms with van der Waals surface area (Å²) in [7, 11) is -1.48. The highest BCUT2D eigenvalue weighted by Gasteiger charge is 2.23. The van der Waals surface area contributed by atoms with Crippen LogP contribution in [0.1, 0.15) is 71.8 Å². The van der Waals surface area contributed by atoms with E-state index in [0.717, 1.165) is 25.3 Å². The molecule has 0 aliphatic rings. The molecule has 1 rings (SSSR count). The van der Waals surface area contributed by atoms with E-state index in [-0.39, 0.29) is 5.97 Å². The van der Waals surface area contributed by atoms with Crippen molar-refractivity contribution in [3.05, 3.63) is 59.8 Å². The summed E-state index contributed by atoms with van der Waals surface area (Å²) in [5, 5.41) is 0. The number of hydrogen-bond donors (Lipinski definition) is 0. The molecule has 30 heavy (non-hydrogen) atoms. The van der Waals surface area contributed by atoms with Crippen molar-refractivity contribution >= 4 is 14.0 Å². The molecule has 0 aliphatic heterocycles. The first-order valence-corrected chi connectivity index (χ1v) is 15.0. The molecular weight excluding hydrogens is 384 g/mol. The van der Waals surface area contributed by atoms with Gasteiger partial charge in [0.2, 0.25) is 0 Å². The Kier molecular flexibility index (Phi) is 12.0. The average molecular weight is 429 g/mol. The topological polar surface area (TPSA) is 26.3 Å². The molecular formula is C27H44O2Si. The van der Waals surface area contributed by atoms with Crippen LogP contribution in [0.5, 0.6) is 0 Å². The quantitative estimate of drug-likeness (QED) is 0.139. The van der Waals surface area contributed by atoms with Crippen LogP contribution in [-0.4, -0.2) is 20.7 Å². The summed E-state index contributed by atoms with van der Waals surface area (Å²) in [4.78, 5) is 12.1. The Hall–Kier alpha value is -1.61. The van der Waals surface area contributed by atoms with E-state index < -0.39 is 13.5 Å². The average Bonchev–Trinajstić information content (AvgIpc) is 2.67. The van der Waals surface area contributed by atoms with Crippen LogP contribution >= 0.6 is 0 Å². The van der Waals surface area contributed by atoms with Crippen LogP contribution in [0.15, 0.2) is 54.3 Å². The highest BCUT2D eigenvalue weighted by molar-refractivity contribution is 6.81. The molecule has 0 N–H and O–H groups in total. The fourth-order valence-corrected chi connectivity index (χ4v) is 5.49. The van der Waals surface area contributed by atoms with E-state index in [1.165, 1.54) is 24.8 Å². The summed E-state index contributed by atoms with van der Waals surface area (Å²) < 4.78 is 5.54. The van der Waals surface area contributed by atoms with E-state index in [4.69, 9.17) is 4.74 Å². The number of benzene rings is 1. The van der Waals surface area contributed by atoms with Crippen LogP contribution < -0.4 is 0 Å². The number of carbonyl (C=O) groups is 1. The van der Waals surface area contributed by atoms with Crippen molar-refractivity contribution in [2.75, 3.05) is 6.61 Å². The third kappa shape index (κ3) is 12.2. The van der Waals surface area contributed by atoms with E-state index >= 15 is 0 Å². The van der Waals surface area contributed by atoms with Gasteiger partial charge in [0.25, 0.3) is 0 Å². The fourth-order valence-electron chi connectivity index (χ4n) is 3.29. The van der Waals surface area contributed by atoms with Gasteiger partial charge in [-0.2, -0.15) is 0 Å². The van der Waals surface area contributed by atoms with Gasteiger partial charge in [-0.05, 0) is 58.4 Å². The number of rotatable bonds is 13.